The molecule has 2 heterocycles. The zero-order chi connectivity index (χ0) is 14.4. The number of aromatic nitrogens is 2. The lowest BCUT2D eigenvalue weighted by Gasteiger charge is -2.27. The van der Waals surface area contributed by atoms with Crippen LogP contribution in [0.25, 0.3) is 0 Å². The van der Waals surface area contributed by atoms with Gasteiger partial charge in [-0.05, 0) is 12.3 Å². The maximum Gasteiger partial charge on any atom is 0.0948 e. The zero-order valence-corrected chi connectivity index (χ0v) is 12.8. The summed E-state index contributed by atoms with van der Waals surface area (Å²) in [7, 11) is 0. The summed E-state index contributed by atoms with van der Waals surface area (Å²) in [6.07, 6.45) is 5.07. The topological polar surface area (TPSA) is 56.3 Å². The van der Waals surface area contributed by atoms with E-state index in [1.807, 2.05) is 12.5 Å². The second-order valence-corrected chi connectivity index (χ2v) is 5.91. The predicted molar refractivity (Wildman–Crippen MR) is 80.7 cm³/mol. The number of aryl methyl sites for hydroxylation is 1. The van der Waals surface area contributed by atoms with Crippen LogP contribution in [-0.2, 0) is 11.3 Å². The summed E-state index contributed by atoms with van der Waals surface area (Å²) in [6.45, 7) is 11.2. The lowest BCUT2D eigenvalue weighted by atomic mass is 9.93. The molecule has 0 aliphatic carbocycles. The zero-order valence-electron chi connectivity index (χ0n) is 12.8. The summed E-state index contributed by atoms with van der Waals surface area (Å²) >= 11 is 0. The average molecular weight is 280 g/mol. The average Bonchev–Trinajstić information content (AvgIpc) is 2.89. The molecule has 0 radical (unpaired) electrons. The van der Waals surface area contributed by atoms with Gasteiger partial charge < -0.3 is 15.0 Å². The maximum atomic E-state index is 5.92. The van der Waals surface area contributed by atoms with Crippen LogP contribution in [0.3, 0.4) is 0 Å². The van der Waals surface area contributed by atoms with E-state index in [1.165, 1.54) is 5.69 Å². The first-order valence-corrected chi connectivity index (χ1v) is 7.72. The fourth-order valence-electron chi connectivity index (χ4n) is 2.85. The third-order valence-corrected chi connectivity index (χ3v) is 4.16. The Morgan fingerprint density at radius 1 is 1.30 bits per heavy atom. The highest BCUT2D eigenvalue weighted by Gasteiger charge is 2.18. The molecule has 1 saturated heterocycles. The van der Waals surface area contributed by atoms with Crippen LogP contribution in [0.4, 0.5) is 0 Å². The van der Waals surface area contributed by atoms with Crippen LogP contribution in [0.15, 0.2) is 12.5 Å². The largest absolute Gasteiger partial charge is 0.379 e. The molecular weight excluding hydrogens is 252 g/mol. The Morgan fingerprint density at radius 2 is 2.05 bits per heavy atom. The molecule has 0 saturated carbocycles. The molecule has 0 aromatic carbocycles. The molecule has 1 aromatic heterocycles. The number of hydrogen-bond acceptors (Lipinski definition) is 4. The van der Waals surface area contributed by atoms with E-state index in [0.29, 0.717) is 18.4 Å². The number of imidazole rings is 1. The molecule has 0 spiro atoms. The van der Waals surface area contributed by atoms with Gasteiger partial charge in [-0.3, -0.25) is 4.90 Å². The first-order valence-electron chi connectivity index (χ1n) is 7.72. The Morgan fingerprint density at radius 3 is 2.70 bits per heavy atom. The number of hydrogen-bond donors (Lipinski definition) is 1. The molecule has 20 heavy (non-hydrogen) atoms. The fraction of sp³-hybridized carbons (Fsp3) is 0.800. The molecule has 1 atom stereocenters. The Labute approximate surface area is 122 Å². The van der Waals surface area contributed by atoms with E-state index in [-0.39, 0.29) is 0 Å². The summed E-state index contributed by atoms with van der Waals surface area (Å²) in [6, 6.07) is 0. The second kappa shape index (κ2) is 7.76. The molecule has 5 nitrogen and oxygen atoms in total. The number of rotatable bonds is 7. The van der Waals surface area contributed by atoms with E-state index in [4.69, 9.17) is 10.5 Å². The van der Waals surface area contributed by atoms with Gasteiger partial charge in [-0.2, -0.15) is 0 Å². The van der Waals surface area contributed by atoms with Gasteiger partial charge in [-0.1, -0.05) is 13.8 Å². The Bertz CT molecular complexity index is 385. The van der Waals surface area contributed by atoms with E-state index in [0.717, 1.165) is 45.8 Å². The van der Waals surface area contributed by atoms with Crippen molar-refractivity contribution < 1.29 is 4.74 Å². The summed E-state index contributed by atoms with van der Waals surface area (Å²) < 4.78 is 7.65. The van der Waals surface area contributed by atoms with Gasteiger partial charge in [0.25, 0.3) is 0 Å². The Hall–Kier alpha value is -0.910. The predicted octanol–water partition coefficient (Wildman–Crippen LogP) is 1.30. The van der Waals surface area contributed by atoms with Crippen LogP contribution in [0, 0.1) is 5.92 Å². The molecule has 5 heteroatoms. The highest BCUT2D eigenvalue weighted by atomic mass is 16.5. The molecule has 114 valence electrons. The first-order chi connectivity index (χ1) is 9.72. The molecule has 2 N–H and O–H groups in total. The van der Waals surface area contributed by atoms with Crippen molar-refractivity contribution in [3.63, 3.8) is 0 Å². The van der Waals surface area contributed by atoms with Crippen molar-refractivity contribution in [2.24, 2.45) is 11.7 Å². The van der Waals surface area contributed by atoms with Gasteiger partial charge in [0.05, 0.1) is 19.5 Å². The minimum atomic E-state index is 0.404. The van der Waals surface area contributed by atoms with E-state index in [2.05, 4.69) is 28.3 Å². The second-order valence-electron chi connectivity index (χ2n) is 5.91. The molecule has 1 fully saturated rings. The molecule has 1 unspecified atom stereocenters. The van der Waals surface area contributed by atoms with Gasteiger partial charge in [0, 0.05) is 50.5 Å². The van der Waals surface area contributed by atoms with E-state index >= 15 is 0 Å². The number of nitrogens with two attached hydrogens (primary N) is 1. The standard InChI is InChI=1S/C15H28N4O/c1-13(2)14(10-16)15-11-17-12-19(15)5-3-4-18-6-8-20-9-7-18/h11-14H,3-10,16H2,1-2H3. The van der Waals surface area contributed by atoms with Gasteiger partial charge in [-0.15, -0.1) is 0 Å². The molecule has 1 aromatic rings. The van der Waals surface area contributed by atoms with Crippen molar-refractivity contribution in [2.75, 3.05) is 39.4 Å². The van der Waals surface area contributed by atoms with E-state index in [1.54, 1.807) is 0 Å². The van der Waals surface area contributed by atoms with Crippen molar-refractivity contribution in [1.82, 2.24) is 14.5 Å². The summed E-state index contributed by atoms with van der Waals surface area (Å²) in [5, 5.41) is 0. The van der Waals surface area contributed by atoms with Crippen LogP contribution in [0.2, 0.25) is 0 Å². The van der Waals surface area contributed by atoms with Gasteiger partial charge >= 0.3 is 0 Å². The fourth-order valence-corrected chi connectivity index (χ4v) is 2.85. The van der Waals surface area contributed by atoms with Gasteiger partial charge in [-0.25, -0.2) is 4.98 Å². The number of morpholine rings is 1. The summed E-state index contributed by atoms with van der Waals surface area (Å²) in [5.41, 5.74) is 7.20. The van der Waals surface area contributed by atoms with Crippen molar-refractivity contribution in [1.29, 1.82) is 0 Å². The first kappa shape index (κ1) is 15.5. The van der Waals surface area contributed by atoms with Gasteiger partial charge in [0.15, 0.2) is 0 Å². The minimum Gasteiger partial charge on any atom is -0.379 e. The quantitative estimate of drug-likeness (QED) is 0.818. The minimum absolute atomic E-state index is 0.404. The normalized spacial score (nSPS) is 18.6. The molecular formula is C15H28N4O. The van der Waals surface area contributed by atoms with E-state index in [9.17, 15) is 0 Å². The maximum absolute atomic E-state index is 5.92. The van der Waals surface area contributed by atoms with Crippen molar-refractivity contribution in [3.05, 3.63) is 18.2 Å². The van der Waals surface area contributed by atoms with Crippen molar-refractivity contribution in [3.8, 4) is 0 Å². The lowest BCUT2D eigenvalue weighted by molar-refractivity contribution is 0.0369. The summed E-state index contributed by atoms with van der Waals surface area (Å²) in [5.74, 6) is 0.954. The van der Waals surface area contributed by atoms with Crippen LogP contribution in [-0.4, -0.2) is 53.8 Å². The number of nitrogens with zero attached hydrogens (tertiary/aromatic N) is 3. The monoisotopic (exact) mass is 280 g/mol. The van der Waals surface area contributed by atoms with Gasteiger partial charge in [0.2, 0.25) is 0 Å². The van der Waals surface area contributed by atoms with Crippen LogP contribution >= 0.6 is 0 Å². The summed E-state index contributed by atoms with van der Waals surface area (Å²) in [4.78, 5) is 6.79. The number of ether oxygens (including phenoxy) is 1. The van der Waals surface area contributed by atoms with Crippen molar-refractivity contribution >= 4 is 0 Å². The van der Waals surface area contributed by atoms with Crippen LogP contribution in [0.5, 0.6) is 0 Å². The lowest BCUT2D eigenvalue weighted by Crippen LogP contribution is -2.37. The van der Waals surface area contributed by atoms with Gasteiger partial charge in [0.1, 0.15) is 0 Å². The third kappa shape index (κ3) is 4.04. The highest BCUT2D eigenvalue weighted by molar-refractivity contribution is 5.08. The molecule has 1 aliphatic rings. The Kier molecular flexibility index (Phi) is 6.01. The highest BCUT2D eigenvalue weighted by Crippen LogP contribution is 2.23. The molecule has 1 aliphatic heterocycles. The third-order valence-electron chi connectivity index (χ3n) is 4.16. The van der Waals surface area contributed by atoms with Crippen LogP contribution < -0.4 is 5.73 Å². The van der Waals surface area contributed by atoms with Crippen LogP contribution in [0.1, 0.15) is 31.9 Å². The Balaban J connectivity index is 1.85. The molecule has 0 bridgehead atoms. The van der Waals surface area contributed by atoms with E-state index < -0.39 is 0 Å². The molecule has 2 rings (SSSR count). The van der Waals surface area contributed by atoms with Crippen molar-refractivity contribution in [2.45, 2.75) is 32.7 Å². The smallest absolute Gasteiger partial charge is 0.0948 e. The SMILES string of the molecule is CC(C)C(CN)c1cncn1CCCN1CCOCC1. The molecule has 0 amide bonds.